The molecule has 0 heterocycles. The molecule has 0 radical (unpaired) electrons. The largest absolute Gasteiger partial charge is 0.488 e. The second-order valence-corrected chi connectivity index (χ2v) is 13.2. The Morgan fingerprint density at radius 3 is 1.22 bits per heavy atom. The molecule has 0 aliphatic heterocycles. The SMILES string of the molecule is CCCCOCC(COc1c2ccccc2c(OCC(COCCCC)OC(=O)Nc2ccccc2C)c2ccccc12)OC(=O)Nc1ccccc1C. The number of carbonyl (C=O) groups is 2. The average molecular weight is 737 g/mol. The molecule has 2 atom stereocenters. The molecule has 0 aromatic heterocycles. The topological polar surface area (TPSA) is 114 Å². The smallest absolute Gasteiger partial charge is 0.412 e. The van der Waals surface area contributed by atoms with E-state index < -0.39 is 24.4 Å². The van der Waals surface area contributed by atoms with Gasteiger partial charge in [-0.25, -0.2) is 9.59 Å². The van der Waals surface area contributed by atoms with Crippen molar-refractivity contribution in [2.75, 3.05) is 50.3 Å². The highest BCUT2D eigenvalue weighted by Crippen LogP contribution is 2.43. The zero-order valence-corrected chi connectivity index (χ0v) is 31.7. The molecule has 2 amide bonds. The first-order valence-corrected chi connectivity index (χ1v) is 18.8. The quantitative estimate of drug-likeness (QED) is 0.0600. The molecule has 54 heavy (non-hydrogen) atoms. The average Bonchev–Trinajstić information content (AvgIpc) is 3.17. The third-order valence-corrected chi connectivity index (χ3v) is 8.86. The monoisotopic (exact) mass is 736 g/mol. The van der Waals surface area contributed by atoms with Crippen LogP contribution >= 0.6 is 0 Å². The van der Waals surface area contributed by atoms with Crippen LogP contribution in [0.1, 0.15) is 50.7 Å². The number of ether oxygens (including phenoxy) is 6. The van der Waals surface area contributed by atoms with E-state index in [-0.39, 0.29) is 26.4 Å². The lowest BCUT2D eigenvalue weighted by Gasteiger charge is -2.23. The minimum Gasteiger partial charge on any atom is -0.488 e. The van der Waals surface area contributed by atoms with Gasteiger partial charge in [0.05, 0.1) is 13.2 Å². The van der Waals surface area contributed by atoms with Crippen LogP contribution in [-0.2, 0) is 18.9 Å². The Bertz CT molecular complexity index is 1770. The molecular formula is C44H52N2O8. The molecular weight excluding hydrogens is 684 g/mol. The number of fused-ring (bicyclic) bond motifs is 2. The van der Waals surface area contributed by atoms with Crippen LogP contribution in [0.5, 0.6) is 11.5 Å². The lowest BCUT2D eigenvalue weighted by atomic mass is 10.0. The Balaban J connectivity index is 1.37. The van der Waals surface area contributed by atoms with Gasteiger partial charge in [0.25, 0.3) is 0 Å². The van der Waals surface area contributed by atoms with Crippen molar-refractivity contribution in [1.82, 2.24) is 0 Å². The van der Waals surface area contributed by atoms with Gasteiger partial charge in [0.1, 0.15) is 24.7 Å². The van der Waals surface area contributed by atoms with Crippen molar-refractivity contribution in [2.24, 2.45) is 0 Å². The number of rotatable bonds is 20. The summed E-state index contributed by atoms with van der Waals surface area (Å²) in [6, 6.07) is 30.7. The number of nitrogens with one attached hydrogen (secondary N) is 2. The van der Waals surface area contributed by atoms with Crippen LogP contribution in [0.3, 0.4) is 0 Å². The van der Waals surface area contributed by atoms with Gasteiger partial charge < -0.3 is 28.4 Å². The Hall–Kier alpha value is -5.32. The number of para-hydroxylation sites is 2. The summed E-state index contributed by atoms with van der Waals surface area (Å²) in [6.45, 7) is 9.61. The van der Waals surface area contributed by atoms with E-state index in [0.717, 1.165) is 58.4 Å². The van der Waals surface area contributed by atoms with E-state index in [4.69, 9.17) is 28.4 Å². The van der Waals surface area contributed by atoms with E-state index in [1.165, 1.54) is 0 Å². The first-order chi connectivity index (χ1) is 26.4. The zero-order valence-electron chi connectivity index (χ0n) is 31.7. The zero-order chi connectivity index (χ0) is 38.1. The molecule has 0 saturated heterocycles. The van der Waals surface area contributed by atoms with Crippen LogP contribution in [-0.4, -0.2) is 64.0 Å². The Morgan fingerprint density at radius 1 is 0.519 bits per heavy atom. The van der Waals surface area contributed by atoms with E-state index in [1.807, 2.05) is 111 Å². The normalized spacial score (nSPS) is 12.2. The molecule has 5 aromatic rings. The summed E-state index contributed by atoms with van der Waals surface area (Å²) < 4.78 is 36.7. The van der Waals surface area contributed by atoms with Gasteiger partial charge in [-0.2, -0.15) is 0 Å². The number of unbranched alkanes of at least 4 members (excludes halogenated alkanes) is 2. The molecule has 0 saturated carbocycles. The predicted octanol–water partition coefficient (Wildman–Crippen LogP) is 10.2. The summed E-state index contributed by atoms with van der Waals surface area (Å²) in [6.07, 6.45) is 1.23. The third kappa shape index (κ3) is 11.3. The van der Waals surface area contributed by atoms with E-state index in [9.17, 15) is 9.59 Å². The number of amides is 2. The Labute approximate surface area is 318 Å². The number of hydrogen-bond donors (Lipinski definition) is 2. The fourth-order valence-electron chi connectivity index (χ4n) is 5.87. The summed E-state index contributed by atoms with van der Waals surface area (Å²) in [4.78, 5) is 26.1. The summed E-state index contributed by atoms with van der Waals surface area (Å²) in [5.74, 6) is 1.26. The maximum atomic E-state index is 13.0. The second-order valence-electron chi connectivity index (χ2n) is 13.2. The predicted molar refractivity (Wildman–Crippen MR) is 214 cm³/mol. The number of anilines is 2. The minimum absolute atomic E-state index is 0.0581. The van der Waals surface area contributed by atoms with Gasteiger partial charge in [-0.15, -0.1) is 0 Å². The first-order valence-electron chi connectivity index (χ1n) is 18.8. The summed E-state index contributed by atoms with van der Waals surface area (Å²) >= 11 is 0. The van der Waals surface area contributed by atoms with E-state index in [0.29, 0.717) is 36.1 Å². The molecule has 10 nitrogen and oxygen atoms in total. The first kappa shape index (κ1) is 39.9. The van der Waals surface area contributed by atoms with Crippen LogP contribution in [0.15, 0.2) is 97.1 Å². The number of aryl methyl sites for hydroxylation is 2. The summed E-state index contributed by atoms with van der Waals surface area (Å²) in [5, 5.41) is 8.94. The fraction of sp³-hybridized carbons (Fsp3) is 0.364. The number of benzene rings is 5. The summed E-state index contributed by atoms with van der Waals surface area (Å²) in [5.41, 5.74) is 3.20. The molecule has 0 fully saturated rings. The van der Waals surface area contributed by atoms with Crippen LogP contribution in [0.4, 0.5) is 21.0 Å². The van der Waals surface area contributed by atoms with Crippen molar-refractivity contribution in [1.29, 1.82) is 0 Å². The van der Waals surface area contributed by atoms with E-state index in [2.05, 4.69) is 24.5 Å². The highest BCUT2D eigenvalue weighted by atomic mass is 16.6. The van der Waals surface area contributed by atoms with Gasteiger partial charge in [0, 0.05) is 46.1 Å². The Morgan fingerprint density at radius 2 is 0.870 bits per heavy atom. The fourth-order valence-corrected chi connectivity index (χ4v) is 5.87. The standard InChI is InChI=1S/C44H52N2O8/c1-5-7-25-49-27-33(53-43(47)45-39-23-15-9-17-31(39)3)29-51-41-35-19-11-13-21-37(35)42(38-22-14-12-20-36(38)41)52-30-34(28-50-26-8-6-2)54-44(48)46-40-24-16-10-18-32(40)4/h9-24,33-34H,5-8,25-30H2,1-4H3,(H,45,47)(H,46,48). The van der Waals surface area contributed by atoms with E-state index >= 15 is 0 Å². The maximum Gasteiger partial charge on any atom is 0.412 e. The van der Waals surface area contributed by atoms with Crippen molar-refractivity contribution in [3.63, 3.8) is 0 Å². The lowest BCUT2D eigenvalue weighted by Crippen LogP contribution is -2.32. The summed E-state index contributed by atoms with van der Waals surface area (Å²) in [7, 11) is 0. The van der Waals surface area contributed by atoms with E-state index in [1.54, 1.807) is 0 Å². The molecule has 0 aliphatic carbocycles. The lowest BCUT2D eigenvalue weighted by molar-refractivity contribution is 0.00244. The van der Waals surface area contributed by atoms with Crippen LogP contribution in [0.25, 0.3) is 21.5 Å². The third-order valence-electron chi connectivity index (χ3n) is 8.86. The molecule has 2 N–H and O–H groups in total. The second kappa shape index (κ2) is 20.8. The Kier molecular flexibility index (Phi) is 15.4. The van der Waals surface area contributed by atoms with Gasteiger partial charge >= 0.3 is 12.2 Å². The van der Waals surface area contributed by atoms with Crippen LogP contribution in [0, 0.1) is 13.8 Å². The van der Waals surface area contributed by atoms with Gasteiger partial charge in [-0.1, -0.05) is 112 Å². The molecule has 5 aromatic carbocycles. The van der Waals surface area contributed by atoms with Crippen molar-refractivity contribution in [3.05, 3.63) is 108 Å². The van der Waals surface area contributed by atoms with Crippen molar-refractivity contribution in [3.8, 4) is 11.5 Å². The number of carbonyl (C=O) groups excluding carboxylic acids is 2. The molecule has 10 heteroatoms. The van der Waals surface area contributed by atoms with Gasteiger partial charge in [0.2, 0.25) is 0 Å². The molecule has 2 unspecified atom stereocenters. The van der Waals surface area contributed by atoms with Crippen molar-refractivity contribution >= 4 is 45.1 Å². The van der Waals surface area contributed by atoms with Gasteiger partial charge in [0.15, 0.2) is 12.2 Å². The maximum absolute atomic E-state index is 13.0. The number of hydrogen-bond acceptors (Lipinski definition) is 8. The molecule has 5 rings (SSSR count). The van der Waals surface area contributed by atoms with Gasteiger partial charge in [-0.3, -0.25) is 10.6 Å². The highest BCUT2D eigenvalue weighted by Gasteiger charge is 2.23. The molecule has 0 bridgehead atoms. The van der Waals surface area contributed by atoms with Crippen LogP contribution < -0.4 is 20.1 Å². The molecule has 286 valence electrons. The van der Waals surface area contributed by atoms with Gasteiger partial charge in [-0.05, 0) is 49.9 Å². The van der Waals surface area contributed by atoms with Crippen molar-refractivity contribution in [2.45, 2.75) is 65.6 Å². The van der Waals surface area contributed by atoms with Crippen molar-refractivity contribution < 1.29 is 38.0 Å². The molecule has 0 spiro atoms. The minimum atomic E-state index is -0.684. The van der Waals surface area contributed by atoms with Crippen LogP contribution in [0.2, 0.25) is 0 Å². The molecule has 0 aliphatic rings. The highest BCUT2D eigenvalue weighted by molar-refractivity contribution is 6.11.